The van der Waals surface area contributed by atoms with Gasteiger partial charge < -0.3 is 22.1 Å². The number of nitrogen functional groups attached to an aromatic ring is 1. The maximum Gasteiger partial charge on any atom is 0.193 e. The molecule has 0 saturated heterocycles. The van der Waals surface area contributed by atoms with E-state index in [9.17, 15) is 4.39 Å². The van der Waals surface area contributed by atoms with E-state index >= 15 is 0 Å². The van der Waals surface area contributed by atoms with Crippen LogP contribution in [0.2, 0.25) is 0 Å². The van der Waals surface area contributed by atoms with E-state index in [4.69, 9.17) is 16.6 Å². The van der Waals surface area contributed by atoms with Crippen molar-refractivity contribution in [3.63, 3.8) is 0 Å². The third-order valence-electron chi connectivity index (χ3n) is 6.81. The van der Waals surface area contributed by atoms with Crippen LogP contribution in [0.15, 0.2) is 53.8 Å². The normalized spacial score (nSPS) is 18.1. The van der Waals surface area contributed by atoms with Crippen molar-refractivity contribution in [1.29, 1.82) is 0 Å². The molecule has 3 aromatic rings. The molecule has 2 aliphatic rings. The smallest absolute Gasteiger partial charge is 0.193 e. The number of aromatic nitrogens is 2. The molecule has 2 aliphatic carbocycles. The summed E-state index contributed by atoms with van der Waals surface area (Å²) in [7, 11) is 0. The number of hydrogen-bond acceptors (Lipinski definition) is 4. The molecular weight excluding hydrogens is 429 g/mol. The van der Waals surface area contributed by atoms with Crippen molar-refractivity contribution < 1.29 is 4.39 Å². The lowest BCUT2D eigenvalue weighted by molar-refractivity contribution is 0.700. The van der Waals surface area contributed by atoms with Gasteiger partial charge in [0.1, 0.15) is 17.8 Å². The van der Waals surface area contributed by atoms with Crippen LogP contribution in [0.4, 0.5) is 15.9 Å². The van der Waals surface area contributed by atoms with Gasteiger partial charge in [0.2, 0.25) is 0 Å². The largest absolute Gasteiger partial charge is 0.399 e. The van der Waals surface area contributed by atoms with Crippen LogP contribution in [0.5, 0.6) is 0 Å². The van der Waals surface area contributed by atoms with Gasteiger partial charge in [0, 0.05) is 17.3 Å². The lowest BCUT2D eigenvalue weighted by Gasteiger charge is -2.15. The van der Waals surface area contributed by atoms with Crippen LogP contribution in [0.3, 0.4) is 0 Å². The minimum atomic E-state index is 0.188. The Bertz CT molecular complexity index is 1220. The van der Waals surface area contributed by atoms with Crippen LogP contribution in [-0.4, -0.2) is 27.7 Å². The van der Waals surface area contributed by atoms with E-state index in [1.54, 1.807) is 0 Å². The Labute approximate surface area is 199 Å². The van der Waals surface area contributed by atoms with Crippen molar-refractivity contribution in [2.45, 2.75) is 63.5 Å². The highest BCUT2D eigenvalue weighted by atomic mass is 19.1. The van der Waals surface area contributed by atoms with Gasteiger partial charge in [0.25, 0.3) is 0 Å². The Morgan fingerprint density at radius 2 is 1.79 bits per heavy atom. The minimum Gasteiger partial charge on any atom is -0.399 e. The number of fused-ring (bicyclic) bond motifs is 1. The highest BCUT2D eigenvalue weighted by Gasteiger charge is 2.23. The summed E-state index contributed by atoms with van der Waals surface area (Å²) in [5.74, 6) is 1.10. The third-order valence-corrected chi connectivity index (χ3v) is 6.81. The number of halogens is 1. The second-order valence-electron chi connectivity index (χ2n) is 9.28. The van der Waals surface area contributed by atoms with Gasteiger partial charge in [-0.15, -0.1) is 0 Å². The van der Waals surface area contributed by atoms with Crippen molar-refractivity contribution in [1.82, 2.24) is 14.9 Å². The van der Waals surface area contributed by atoms with E-state index in [2.05, 4.69) is 15.6 Å². The second-order valence-corrected chi connectivity index (χ2v) is 9.28. The number of nitrogens with two attached hydrogens (primary N) is 2. The summed E-state index contributed by atoms with van der Waals surface area (Å²) in [4.78, 5) is 4.57. The van der Waals surface area contributed by atoms with E-state index < -0.39 is 0 Å². The van der Waals surface area contributed by atoms with Crippen LogP contribution in [0.1, 0.15) is 56.9 Å². The maximum absolute atomic E-state index is 14.4. The predicted molar refractivity (Wildman–Crippen MR) is 137 cm³/mol. The van der Waals surface area contributed by atoms with Gasteiger partial charge in [-0.1, -0.05) is 43.9 Å². The van der Waals surface area contributed by atoms with Gasteiger partial charge in [0.15, 0.2) is 5.96 Å². The molecule has 178 valence electrons. The zero-order chi connectivity index (χ0) is 23.5. The SMILES string of the molecule is NC(=NC1CCCC1)N/C(=C\F)c1c(-c2cccc(N)c2)nn2c(NC3CCCC3)cccc12. The lowest BCUT2D eigenvalue weighted by Crippen LogP contribution is -2.31. The van der Waals surface area contributed by atoms with Crippen LogP contribution in [0, 0.1) is 0 Å². The first kappa shape index (κ1) is 22.3. The zero-order valence-corrected chi connectivity index (χ0v) is 19.3. The molecule has 1 aromatic carbocycles. The Hall–Kier alpha value is -3.55. The standard InChI is InChI=1S/C26H32FN7/c27-16-21(32-26(29)31-20-11-3-4-12-20)24-22-13-6-14-23(30-19-9-1-2-10-19)34(22)33-25(24)17-7-5-8-18(28)15-17/h5-8,13-16,19-20,30H,1-4,9-12,28H2,(H3,29,31,32)/b21-16-. The van der Waals surface area contributed by atoms with Gasteiger partial charge in [-0.05, 0) is 49.9 Å². The maximum atomic E-state index is 14.4. The quantitative estimate of drug-likeness (QED) is 0.233. The highest BCUT2D eigenvalue weighted by molar-refractivity contribution is 5.95. The first-order valence-electron chi connectivity index (χ1n) is 12.2. The first-order valence-corrected chi connectivity index (χ1v) is 12.2. The van der Waals surface area contributed by atoms with Crippen molar-refractivity contribution in [3.05, 3.63) is 54.4 Å². The van der Waals surface area contributed by atoms with E-state index in [0.717, 1.165) is 55.4 Å². The first-order chi connectivity index (χ1) is 16.6. The van der Waals surface area contributed by atoms with Gasteiger partial charge in [0.05, 0.1) is 22.8 Å². The molecule has 0 amide bonds. The molecule has 34 heavy (non-hydrogen) atoms. The number of anilines is 2. The number of nitrogens with one attached hydrogen (secondary N) is 2. The molecule has 0 unspecified atom stereocenters. The molecule has 5 rings (SSSR count). The van der Waals surface area contributed by atoms with Crippen molar-refractivity contribution >= 4 is 28.7 Å². The second kappa shape index (κ2) is 9.75. The average molecular weight is 462 g/mol. The number of pyridine rings is 1. The summed E-state index contributed by atoms with van der Waals surface area (Å²) in [6, 6.07) is 14.0. The molecule has 2 fully saturated rings. The molecular formula is C26H32FN7. The van der Waals surface area contributed by atoms with Crippen LogP contribution in [0.25, 0.3) is 22.5 Å². The predicted octanol–water partition coefficient (Wildman–Crippen LogP) is 5.05. The Balaban J connectivity index is 1.59. The van der Waals surface area contributed by atoms with Crippen molar-refractivity contribution in [3.8, 4) is 11.3 Å². The van der Waals surface area contributed by atoms with Gasteiger partial charge in [-0.3, -0.25) is 0 Å². The Kier molecular flexibility index (Phi) is 6.38. The van der Waals surface area contributed by atoms with E-state index in [0.29, 0.717) is 29.3 Å². The number of aliphatic imine (C=N–C) groups is 1. The summed E-state index contributed by atoms with van der Waals surface area (Å²) in [5.41, 5.74) is 15.9. The molecule has 0 radical (unpaired) electrons. The summed E-state index contributed by atoms with van der Waals surface area (Å²) < 4.78 is 16.3. The molecule has 0 aliphatic heterocycles. The third kappa shape index (κ3) is 4.58. The molecule has 8 heteroatoms. The number of guanidine groups is 1. The summed E-state index contributed by atoms with van der Waals surface area (Å²) in [6.45, 7) is 0. The molecule has 2 aromatic heterocycles. The topological polar surface area (TPSA) is 106 Å². The van der Waals surface area contributed by atoms with Crippen LogP contribution in [-0.2, 0) is 0 Å². The van der Waals surface area contributed by atoms with Gasteiger partial charge >= 0.3 is 0 Å². The fraction of sp³-hybridized carbons (Fsp3) is 0.385. The highest BCUT2D eigenvalue weighted by Crippen LogP contribution is 2.34. The van der Waals surface area contributed by atoms with Gasteiger partial charge in [-0.2, -0.15) is 5.10 Å². The van der Waals surface area contributed by atoms with Crippen molar-refractivity contribution in [2.75, 3.05) is 11.1 Å². The van der Waals surface area contributed by atoms with E-state index in [1.807, 2.05) is 47.0 Å². The summed E-state index contributed by atoms with van der Waals surface area (Å²) in [6.07, 6.45) is 9.60. The Morgan fingerprint density at radius 1 is 1.06 bits per heavy atom. The molecule has 6 N–H and O–H groups in total. The van der Waals surface area contributed by atoms with E-state index in [-0.39, 0.29) is 17.7 Å². The average Bonchev–Trinajstić information content (AvgIpc) is 3.59. The summed E-state index contributed by atoms with van der Waals surface area (Å²) in [5, 5.41) is 11.6. The van der Waals surface area contributed by atoms with Crippen LogP contribution < -0.4 is 22.1 Å². The molecule has 7 nitrogen and oxygen atoms in total. The number of benzene rings is 1. The Morgan fingerprint density at radius 3 is 2.53 bits per heavy atom. The number of rotatable bonds is 6. The lowest BCUT2D eigenvalue weighted by atomic mass is 10.0. The summed E-state index contributed by atoms with van der Waals surface area (Å²) >= 11 is 0. The number of nitrogens with zero attached hydrogens (tertiary/aromatic N) is 3. The molecule has 0 atom stereocenters. The monoisotopic (exact) mass is 461 g/mol. The fourth-order valence-electron chi connectivity index (χ4n) is 5.16. The van der Waals surface area contributed by atoms with Crippen molar-refractivity contribution in [2.24, 2.45) is 10.7 Å². The molecule has 0 spiro atoms. The fourth-order valence-corrected chi connectivity index (χ4v) is 5.16. The van der Waals surface area contributed by atoms with Crippen LogP contribution >= 0.6 is 0 Å². The zero-order valence-electron chi connectivity index (χ0n) is 19.3. The molecule has 2 heterocycles. The minimum absolute atomic E-state index is 0.188. The molecule has 0 bridgehead atoms. The van der Waals surface area contributed by atoms with Gasteiger partial charge in [-0.25, -0.2) is 13.9 Å². The molecule has 2 saturated carbocycles. The number of hydrogen-bond donors (Lipinski definition) is 4. The van der Waals surface area contributed by atoms with E-state index in [1.165, 1.54) is 12.8 Å².